The van der Waals surface area contributed by atoms with Crippen LogP contribution in [0, 0.1) is 17.3 Å². The van der Waals surface area contributed by atoms with E-state index in [9.17, 15) is 4.39 Å². The summed E-state index contributed by atoms with van der Waals surface area (Å²) >= 11 is 0. The summed E-state index contributed by atoms with van der Waals surface area (Å²) in [4.78, 5) is 1.73. The predicted octanol–water partition coefficient (Wildman–Crippen LogP) is 2.14. The molecule has 0 aliphatic carbocycles. The van der Waals surface area contributed by atoms with Gasteiger partial charge in [-0.1, -0.05) is 17.9 Å². The number of nitrogens with zero attached hydrogens (tertiary/aromatic N) is 1. The highest BCUT2D eigenvalue weighted by atomic mass is 19.1. The molecule has 1 N–H and O–H groups in total. The summed E-state index contributed by atoms with van der Waals surface area (Å²) in [7, 11) is 1.78. The molecule has 1 rings (SSSR count). The van der Waals surface area contributed by atoms with Crippen molar-refractivity contribution in [2.24, 2.45) is 0 Å². The summed E-state index contributed by atoms with van der Waals surface area (Å²) < 4.78 is 13.2. The van der Waals surface area contributed by atoms with Gasteiger partial charge in [0.2, 0.25) is 0 Å². The van der Waals surface area contributed by atoms with Crippen LogP contribution in [0.3, 0.4) is 0 Å². The monoisotopic (exact) mass is 206 g/mol. The van der Waals surface area contributed by atoms with Crippen LogP contribution in [-0.4, -0.2) is 30.4 Å². The topological polar surface area (TPSA) is 27.1 Å². The third kappa shape index (κ3) is 2.69. The fourth-order valence-electron chi connectivity index (χ4n) is 1.56. The minimum absolute atomic E-state index is 0.222. The van der Waals surface area contributed by atoms with Gasteiger partial charge in [0.15, 0.2) is 6.17 Å². The zero-order valence-corrected chi connectivity index (χ0v) is 9.26. The zero-order chi connectivity index (χ0) is 11.4. The Morgan fingerprint density at radius 1 is 1.67 bits per heavy atom. The van der Waals surface area contributed by atoms with Crippen molar-refractivity contribution in [2.75, 3.05) is 13.6 Å². The number of hydrogen-bond acceptors (Lipinski definition) is 2. The molecule has 0 fully saturated rings. The van der Waals surface area contributed by atoms with E-state index in [2.05, 4.69) is 11.8 Å². The van der Waals surface area contributed by atoms with Gasteiger partial charge in [-0.3, -0.25) is 5.41 Å². The molecule has 2 nitrogen and oxygen atoms in total. The minimum atomic E-state index is -1.14. The van der Waals surface area contributed by atoms with Gasteiger partial charge in [-0.2, -0.15) is 0 Å². The van der Waals surface area contributed by atoms with Crippen molar-refractivity contribution in [3.8, 4) is 11.8 Å². The second-order valence-corrected chi connectivity index (χ2v) is 3.50. The molecule has 15 heavy (non-hydrogen) atoms. The van der Waals surface area contributed by atoms with E-state index >= 15 is 0 Å². The van der Waals surface area contributed by atoms with Gasteiger partial charge in [0.05, 0.1) is 18.0 Å². The van der Waals surface area contributed by atoms with Gasteiger partial charge in [-0.15, -0.1) is 0 Å². The molecule has 0 aromatic heterocycles. The maximum Gasteiger partial charge on any atom is 0.178 e. The Kier molecular flexibility index (Phi) is 3.68. The first-order valence-corrected chi connectivity index (χ1v) is 4.85. The van der Waals surface area contributed by atoms with E-state index in [1.54, 1.807) is 24.1 Å². The number of alkyl halides is 1. The van der Waals surface area contributed by atoms with Crippen LogP contribution < -0.4 is 0 Å². The van der Waals surface area contributed by atoms with Crippen molar-refractivity contribution in [1.82, 2.24) is 4.90 Å². The Labute approximate surface area is 90.0 Å². The molecule has 0 saturated carbocycles. The van der Waals surface area contributed by atoms with Crippen LogP contribution in [-0.2, 0) is 0 Å². The highest BCUT2D eigenvalue weighted by Crippen LogP contribution is 2.14. The van der Waals surface area contributed by atoms with Crippen molar-refractivity contribution < 1.29 is 4.39 Å². The highest BCUT2D eigenvalue weighted by molar-refractivity contribution is 6.06. The van der Waals surface area contributed by atoms with Crippen LogP contribution in [0.25, 0.3) is 0 Å². The molecule has 0 amide bonds. The molecule has 1 aliphatic rings. The number of nitrogens with one attached hydrogen (secondary N) is 1. The summed E-state index contributed by atoms with van der Waals surface area (Å²) in [6.07, 6.45) is 2.35. The first kappa shape index (κ1) is 11.5. The van der Waals surface area contributed by atoms with Crippen molar-refractivity contribution in [1.29, 1.82) is 5.41 Å². The van der Waals surface area contributed by atoms with Gasteiger partial charge in [0, 0.05) is 12.6 Å². The maximum atomic E-state index is 13.2. The van der Waals surface area contributed by atoms with Crippen molar-refractivity contribution >= 4 is 5.71 Å². The van der Waals surface area contributed by atoms with Gasteiger partial charge in [0.1, 0.15) is 0 Å². The summed E-state index contributed by atoms with van der Waals surface area (Å²) in [5.41, 5.74) is 1.84. The standard InChI is InChI=1S/C12H15FN2/c1-4-5-11(14)12-9(2)6-7-10(13)8-15(12)3/h4-5,10,14H,8H2,1-3H3/b5-4-,14-11?. The lowest BCUT2D eigenvalue weighted by Gasteiger charge is -2.22. The van der Waals surface area contributed by atoms with Gasteiger partial charge in [0.25, 0.3) is 0 Å². The lowest BCUT2D eigenvalue weighted by molar-refractivity contribution is 0.311. The molecule has 0 aromatic carbocycles. The quantitative estimate of drug-likeness (QED) is 0.544. The summed E-state index contributed by atoms with van der Waals surface area (Å²) in [6, 6.07) is 0. The number of allylic oxidation sites excluding steroid dienone is 3. The van der Waals surface area contributed by atoms with E-state index in [0.29, 0.717) is 11.4 Å². The fourth-order valence-corrected chi connectivity index (χ4v) is 1.56. The van der Waals surface area contributed by atoms with Crippen LogP contribution in [0.1, 0.15) is 13.8 Å². The Balaban J connectivity index is 3.08. The number of hydrogen-bond donors (Lipinski definition) is 1. The van der Waals surface area contributed by atoms with Crippen molar-refractivity contribution in [3.63, 3.8) is 0 Å². The van der Waals surface area contributed by atoms with Gasteiger partial charge < -0.3 is 4.90 Å². The fraction of sp³-hybridized carbons (Fsp3) is 0.417. The molecule has 3 heteroatoms. The largest absolute Gasteiger partial charge is 0.368 e. The molecule has 1 heterocycles. The van der Waals surface area contributed by atoms with Crippen LogP contribution in [0.2, 0.25) is 0 Å². The average Bonchev–Trinajstić information content (AvgIpc) is 2.26. The lowest BCUT2D eigenvalue weighted by atomic mass is 10.1. The second-order valence-electron chi connectivity index (χ2n) is 3.50. The Bertz CT molecular complexity index is 382. The Morgan fingerprint density at radius 3 is 2.93 bits per heavy atom. The molecule has 0 aromatic rings. The van der Waals surface area contributed by atoms with Crippen molar-refractivity contribution in [2.45, 2.75) is 20.0 Å². The molecule has 1 aliphatic heterocycles. The van der Waals surface area contributed by atoms with E-state index in [1.165, 1.54) is 0 Å². The van der Waals surface area contributed by atoms with Gasteiger partial charge >= 0.3 is 0 Å². The SMILES string of the molecule is C/C=C\C(=N)C1=C(C)C#CC(F)CN1C. The molecule has 0 spiro atoms. The molecule has 1 atom stereocenters. The molecular weight excluding hydrogens is 191 g/mol. The Hall–Kier alpha value is -1.56. The van der Waals surface area contributed by atoms with E-state index in [0.717, 1.165) is 5.57 Å². The van der Waals surface area contributed by atoms with Gasteiger partial charge in [-0.05, 0) is 19.9 Å². The predicted molar refractivity (Wildman–Crippen MR) is 60.5 cm³/mol. The maximum absolute atomic E-state index is 13.2. The minimum Gasteiger partial charge on any atom is -0.368 e. The van der Waals surface area contributed by atoms with E-state index in [-0.39, 0.29) is 6.54 Å². The van der Waals surface area contributed by atoms with E-state index in [4.69, 9.17) is 5.41 Å². The highest BCUT2D eigenvalue weighted by Gasteiger charge is 2.17. The van der Waals surface area contributed by atoms with Crippen molar-refractivity contribution in [3.05, 3.63) is 23.4 Å². The zero-order valence-electron chi connectivity index (χ0n) is 9.26. The first-order valence-electron chi connectivity index (χ1n) is 4.85. The normalized spacial score (nSPS) is 21.3. The summed E-state index contributed by atoms with van der Waals surface area (Å²) in [5, 5.41) is 7.83. The second kappa shape index (κ2) is 4.79. The van der Waals surface area contributed by atoms with Crippen LogP contribution >= 0.6 is 0 Å². The number of halogens is 1. The molecule has 1 unspecified atom stereocenters. The first-order chi connectivity index (χ1) is 7.06. The van der Waals surface area contributed by atoms with E-state index in [1.807, 2.05) is 13.8 Å². The lowest BCUT2D eigenvalue weighted by Crippen LogP contribution is -2.28. The van der Waals surface area contributed by atoms with Crippen LogP contribution in [0.4, 0.5) is 4.39 Å². The molecule has 0 bridgehead atoms. The molecule has 0 saturated heterocycles. The number of rotatable bonds is 2. The van der Waals surface area contributed by atoms with Crippen LogP contribution in [0.5, 0.6) is 0 Å². The molecule has 0 radical (unpaired) electrons. The summed E-state index contributed by atoms with van der Waals surface area (Å²) in [5.74, 6) is 5.27. The third-order valence-electron chi connectivity index (χ3n) is 2.18. The Morgan fingerprint density at radius 2 is 2.33 bits per heavy atom. The molecular formula is C12H15FN2. The average molecular weight is 206 g/mol. The summed E-state index contributed by atoms with van der Waals surface area (Å²) in [6.45, 7) is 3.89. The van der Waals surface area contributed by atoms with E-state index < -0.39 is 6.17 Å². The molecule has 80 valence electrons. The van der Waals surface area contributed by atoms with Crippen LogP contribution in [0.15, 0.2) is 23.4 Å². The van der Waals surface area contributed by atoms with Gasteiger partial charge in [-0.25, -0.2) is 4.39 Å². The third-order valence-corrected chi connectivity index (χ3v) is 2.18. The smallest absolute Gasteiger partial charge is 0.178 e.